The van der Waals surface area contributed by atoms with Gasteiger partial charge in [0, 0.05) is 20.2 Å². The minimum absolute atomic E-state index is 0.193. The molecule has 0 spiro atoms. The van der Waals surface area contributed by atoms with Crippen molar-refractivity contribution in [2.45, 2.75) is 19.6 Å². The van der Waals surface area contributed by atoms with Crippen molar-refractivity contribution in [1.29, 1.82) is 0 Å². The van der Waals surface area contributed by atoms with E-state index in [1.807, 2.05) is 26.1 Å². The second-order valence-corrected chi connectivity index (χ2v) is 4.25. The summed E-state index contributed by atoms with van der Waals surface area (Å²) < 4.78 is 5.19. The van der Waals surface area contributed by atoms with E-state index in [9.17, 15) is 4.79 Å². The van der Waals surface area contributed by atoms with E-state index in [1.165, 1.54) is 0 Å². The summed E-state index contributed by atoms with van der Waals surface area (Å²) in [7, 11) is 3.71. The van der Waals surface area contributed by atoms with Gasteiger partial charge in [0.25, 0.3) is 0 Å². The van der Waals surface area contributed by atoms with Crippen LogP contribution in [0.15, 0.2) is 24.3 Å². The second kappa shape index (κ2) is 6.37. The van der Waals surface area contributed by atoms with Gasteiger partial charge in [-0.1, -0.05) is 12.1 Å². The van der Waals surface area contributed by atoms with E-state index in [-0.39, 0.29) is 6.10 Å². The summed E-state index contributed by atoms with van der Waals surface area (Å²) in [6.45, 7) is 3.65. The lowest BCUT2D eigenvalue weighted by molar-refractivity contribution is 0.0697. The average Bonchev–Trinajstić information content (AvgIpc) is 2.29. The van der Waals surface area contributed by atoms with Crippen molar-refractivity contribution < 1.29 is 14.6 Å². The van der Waals surface area contributed by atoms with Crippen LogP contribution in [0.3, 0.4) is 0 Å². The molecule has 1 aromatic carbocycles. The predicted octanol–water partition coefficient (Wildman–Crippen LogP) is 1.85. The molecule has 1 N–H and O–H groups in total. The Morgan fingerprint density at radius 3 is 2.47 bits per heavy atom. The van der Waals surface area contributed by atoms with Crippen LogP contribution in [-0.2, 0) is 11.3 Å². The maximum absolute atomic E-state index is 10.7. The Morgan fingerprint density at radius 1 is 1.41 bits per heavy atom. The fraction of sp³-hybridized carbons (Fsp3) is 0.462. The maximum Gasteiger partial charge on any atom is 0.335 e. The monoisotopic (exact) mass is 237 g/mol. The number of methoxy groups -OCH3 is 1. The normalized spacial score (nSPS) is 12.7. The molecule has 0 heterocycles. The molecule has 0 fully saturated rings. The van der Waals surface area contributed by atoms with Crippen molar-refractivity contribution in [2.75, 3.05) is 20.7 Å². The van der Waals surface area contributed by atoms with E-state index in [0.29, 0.717) is 5.56 Å². The van der Waals surface area contributed by atoms with Gasteiger partial charge in [-0.3, -0.25) is 4.90 Å². The van der Waals surface area contributed by atoms with Crippen LogP contribution in [0.4, 0.5) is 0 Å². The van der Waals surface area contributed by atoms with Gasteiger partial charge in [-0.25, -0.2) is 4.79 Å². The van der Waals surface area contributed by atoms with Gasteiger partial charge in [-0.05, 0) is 31.7 Å². The number of ether oxygens (including phenoxy) is 1. The molecule has 0 aliphatic heterocycles. The van der Waals surface area contributed by atoms with Crippen LogP contribution in [0, 0.1) is 0 Å². The molecule has 0 saturated heterocycles. The van der Waals surface area contributed by atoms with E-state index in [4.69, 9.17) is 9.84 Å². The van der Waals surface area contributed by atoms with Crippen LogP contribution in [0.1, 0.15) is 22.8 Å². The number of likely N-dealkylation sites (N-methyl/N-ethyl adjacent to an activating group) is 1. The zero-order chi connectivity index (χ0) is 12.8. The van der Waals surface area contributed by atoms with Crippen molar-refractivity contribution in [2.24, 2.45) is 0 Å². The van der Waals surface area contributed by atoms with Crippen molar-refractivity contribution in [3.8, 4) is 0 Å². The van der Waals surface area contributed by atoms with E-state index in [1.54, 1.807) is 19.2 Å². The third kappa shape index (κ3) is 4.54. The third-order valence-electron chi connectivity index (χ3n) is 2.62. The zero-order valence-corrected chi connectivity index (χ0v) is 10.5. The highest BCUT2D eigenvalue weighted by Crippen LogP contribution is 2.07. The van der Waals surface area contributed by atoms with Gasteiger partial charge in [0.15, 0.2) is 0 Å². The lowest BCUT2D eigenvalue weighted by atomic mass is 10.1. The molecule has 0 aromatic heterocycles. The van der Waals surface area contributed by atoms with Crippen molar-refractivity contribution in [1.82, 2.24) is 4.90 Å². The Bertz CT molecular complexity index is 361. The number of carboxylic acid groups (broad SMARTS) is 1. The molecular formula is C13H19NO3. The summed E-state index contributed by atoms with van der Waals surface area (Å²) in [4.78, 5) is 12.8. The molecule has 1 unspecified atom stereocenters. The average molecular weight is 237 g/mol. The number of nitrogens with zero attached hydrogens (tertiary/aromatic N) is 1. The molecule has 17 heavy (non-hydrogen) atoms. The molecule has 4 heteroatoms. The Labute approximate surface area is 102 Å². The predicted molar refractivity (Wildman–Crippen MR) is 66.2 cm³/mol. The summed E-state index contributed by atoms with van der Waals surface area (Å²) in [5, 5.41) is 8.78. The number of carbonyl (C=O) groups is 1. The molecule has 0 radical (unpaired) electrons. The second-order valence-electron chi connectivity index (χ2n) is 4.25. The molecule has 1 rings (SSSR count). The standard InChI is InChI=1S/C13H19NO3/c1-10(17-3)8-14(2)9-11-4-6-12(7-5-11)13(15)16/h4-7,10H,8-9H2,1-3H3,(H,15,16). The number of carboxylic acids is 1. The first-order valence-corrected chi connectivity index (χ1v) is 5.56. The fourth-order valence-corrected chi connectivity index (χ4v) is 1.64. The summed E-state index contributed by atoms with van der Waals surface area (Å²) in [6, 6.07) is 6.95. The molecule has 4 nitrogen and oxygen atoms in total. The van der Waals surface area contributed by atoms with Crippen LogP contribution in [-0.4, -0.2) is 42.8 Å². The van der Waals surface area contributed by atoms with Gasteiger partial charge in [0.1, 0.15) is 0 Å². The molecule has 0 aliphatic carbocycles. The van der Waals surface area contributed by atoms with Gasteiger partial charge in [0.2, 0.25) is 0 Å². The molecule has 0 bridgehead atoms. The summed E-state index contributed by atoms with van der Waals surface area (Å²) in [5.74, 6) is -0.891. The topological polar surface area (TPSA) is 49.8 Å². The number of aromatic carboxylic acids is 1. The lowest BCUT2D eigenvalue weighted by Gasteiger charge is -2.20. The van der Waals surface area contributed by atoms with Crippen LogP contribution >= 0.6 is 0 Å². The number of hydrogen-bond acceptors (Lipinski definition) is 3. The Kier molecular flexibility index (Phi) is 5.12. The Hall–Kier alpha value is -1.39. The van der Waals surface area contributed by atoms with E-state index in [2.05, 4.69) is 4.90 Å². The molecule has 1 atom stereocenters. The smallest absolute Gasteiger partial charge is 0.335 e. The van der Waals surface area contributed by atoms with Gasteiger partial charge in [0.05, 0.1) is 11.7 Å². The molecule has 94 valence electrons. The van der Waals surface area contributed by atoms with E-state index in [0.717, 1.165) is 18.7 Å². The molecular weight excluding hydrogens is 218 g/mol. The minimum Gasteiger partial charge on any atom is -0.478 e. The van der Waals surface area contributed by atoms with Gasteiger partial charge < -0.3 is 9.84 Å². The first-order chi connectivity index (χ1) is 8.02. The maximum atomic E-state index is 10.7. The highest BCUT2D eigenvalue weighted by molar-refractivity contribution is 5.87. The number of hydrogen-bond donors (Lipinski definition) is 1. The number of benzene rings is 1. The zero-order valence-electron chi connectivity index (χ0n) is 10.5. The molecule has 0 amide bonds. The summed E-state index contributed by atoms with van der Waals surface area (Å²) >= 11 is 0. The number of rotatable bonds is 6. The first kappa shape index (κ1) is 13.7. The molecule has 0 saturated carbocycles. The highest BCUT2D eigenvalue weighted by Gasteiger charge is 2.06. The molecule has 1 aromatic rings. The first-order valence-electron chi connectivity index (χ1n) is 5.56. The third-order valence-corrected chi connectivity index (χ3v) is 2.62. The van der Waals surface area contributed by atoms with Crippen molar-refractivity contribution in [3.05, 3.63) is 35.4 Å². The van der Waals surface area contributed by atoms with Crippen LogP contribution in [0.25, 0.3) is 0 Å². The Morgan fingerprint density at radius 2 is 2.00 bits per heavy atom. The lowest BCUT2D eigenvalue weighted by Crippen LogP contribution is -2.28. The van der Waals surface area contributed by atoms with Gasteiger partial charge in [-0.2, -0.15) is 0 Å². The summed E-state index contributed by atoms with van der Waals surface area (Å²) in [6.07, 6.45) is 0.193. The van der Waals surface area contributed by atoms with Gasteiger partial charge in [-0.15, -0.1) is 0 Å². The minimum atomic E-state index is -0.891. The van der Waals surface area contributed by atoms with Gasteiger partial charge >= 0.3 is 5.97 Å². The Balaban J connectivity index is 2.54. The van der Waals surface area contributed by atoms with Crippen LogP contribution in [0.2, 0.25) is 0 Å². The van der Waals surface area contributed by atoms with Crippen LogP contribution < -0.4 is 0 Å². The highest BCUT2D eigenvalue weighted by atomic mass is 16.5. The largest absolute Gasteiger partial charge is 0.478 e. The van der Waals surface area contributed by atoms with E-state index < -0.39 is 5.97 Å². The SMILES string of the molecule is COC(C)CN(C)Cc1ccc(C(=O)O)cc1. The van der Waals surface area contributed by atoms with Crippen molar-refractivity contribution in [3.63, 3.8) is 0 Å². The fourth-order valence-electron chi connectivity index (χ4n) is 1.64. The van der Waals surface area contributed by atoms with Crippen molar-refractivity contribution >= 4 is 5.97 Å². The van der Waals surface area contributed by atoms with Crippen LogP contribution in [0.5, 0.6) is 0 Å². The van der Waals surface area contributed by atoms with E-state index >= 15 is 0 Å². The summed E-state index contributed by atoms with van der Waals surface area (Å²) in [5.41, 5.74) is 1.42. The molecule has 0 aliphatic rings. The quantitative estimate of drug-likeness (QED) is 0.820.